The van der Waals surface area contributed by atoms with Gasteiger partial charge in [0.2, 0.25) is 0 Å². The van der Waals surface area contributed by atoms with Crippen LogP contribution in [-0.4, -0.2) is 51.1 Å². The number of aromatic nitrogens is 3. The topological polar surface area (TPSA) is 71.3 Å². The Morgan fingerprint density at radius 3 is 2.54 bits per heavy atom. The van der Waals surface area contributed by atoms with Gasteiger partial charge in [0.1, 0.15) is 5.82 Å². The Hall–Kier alpha value is -4.37. The highest BCUT2D eigenvalue weighted by Crippen LogP contribution is 2.48. The molecule has 5 aromatic rings. The van der Waals surface area contributed by atoms with Gasteiger partial charge in [-0.1, -0.05) is 30.3 Å². The molecule has 2 aliphatic rings. The summed E-state index contributed by atoms with van der Waals surface area (Å²) in [5.41, 5.74) is 2.36. The second-order valence-electron chi connectivity index (χ2n) is 10.1. The summed E-state index contributed by atoms with van der Waals surface area (Å²) >= 11 is 1.20. The smallest absolute Gasteiger partial charge is 0.268 e. The summed E-state index contributed by atoms with van der Waals surface area (Å²) in [4.78, 5) is 35.7. The van der Waals surface area contributed by atoms with Gasteiger partial charge in [0.25, 0.3) is 11.8 Å². The average molecular weight is 538 g/mol. The van der Waals surface area contributed by atoms with Crippen LogP contribution < -0.4 is 4.90 Å². The van der Waals surface area contributed by atoms with Gasteiger partial charge in [-0.05, 0) is 60.2 Å². The number of rotatable bonds is 3. The van der Waals surface area contributed by atoms with Crippen molar-refractivity contribution in [2.75, 3.05) is 24.5 Å². The minimum Gasteiger partial charge on any atom is -0.339 e. The first kappa shape index (κ1) is 23.7. The molecule has 7 rings (SSSR count). The number of carbonyl (C=O) groups is 2. The zero-order valence-corrected chi connectivity index (χ0v) is 21.8. The fourth-order valence-corrected chi connectivity index (χ4v) is 6.89. The standard InChI is InChI=1S/C30H24FN5O2S/c31-23-7-3-5-20-17-25(39-27(20)23)29(38)35-19-30(22-6-1-2-8-24(22)35)11-15-34(16-12-30)28(37)21-9-10-26(32-18-21)36-14-4-13-33-36/h1-10,13-14,17-18H,11-12,15-16,19H2. The van der Waals surface area contributed by atoms with Gasteiger partial charge >= 0.3 is 0 Å². The van der Waals surface area contributed by atoms with Gasteiger partial charge in [0.15, 0.2) is 5.82 Å². The number of fused-ring (bicyclic) bond motifs is 3. The van der Waals surface area contributed by atoms with E-state index < -0.39 is 0 Å². The molecule has 0 unspecified atom stereocenters. The molecule has 5 heterocycles. The molecule has 0 N–H and O–H groups in total. The Morgan fingerprint density at radius 2 is 1.79 bits per heavy atom. The van der Waals surface area contributed by atoms with Crippen molar-refractivity contribution in [3.8, 4) is 5.82 Å². The van der Waals surface area contributed by atoms with Crippen molar-refractivity contribution in [1.29, 1.82) is 0 Å². The molecule has 1 fully saturated rings. The van der Waals surface area contributed by atoms with Crippen molar-refractivity contribution in [1.82, 2.24) is 19.7 Å². The quantitative estimate of drug-likeness (QED) is 0.307. The second kappa shape index (κ2) is 9.13. The Kier molecular flexibility index (Phi) is 5.55. The van der Waals surface area contributed by atoms with E-state index in [-0.39, 0.29) is 23.0 Å². The van der Waals surface area contributed by atoms with Crippen LogP contribution in [0.25, 0.3) is 15.9 Å². The molecule has 7 nitrogen and oxygen atoms in total. The van der Waals surface area contributed by atoms with Crippen LogP contribution in [-0.2, 0) is 5.41 Å². The van der Waals surface area contributed by atoms with E-state index in [0.29, 0.717) is 40.6 Å². The first-order valence-corrected chi connectivity index (χ1v) is 13.7. The van der Waals surface area contributed by atoms with Gasteiger partial charge in [0.05, 0.1) is 15.1 Å². The Balaban J connectivity index is 1.11. The Morgan fingerprint density at radius 1 is 0.949 bits per heavy atom. The molecule has 0 saturated carbocycles. The van der Waals surface area contributed by atoms with Crippen LogP contribution in [0, 0.1) is 5.82 Å². The molecule has 9 heteroatoms. The number of nitrogens with zero attached hydrogens (tertiary/aromatic N) is 5. The summed E-state index contributed by atoms with van der Waals surface area (Å²) in [6, 6.07) is 20.1. The minimum atomic E-state index is -0.307. The summed E-state index contributed by atoms with van der Waals surface area (Å²) in [6.45, 7) is 1.72. The van der Waals surface area contributed by atoms with E-state index in [1.807, 2.05) is 40.1 Å². The molecule has 0 atom stereocenters. The van der Waals surface area contributed by atoms with E-state index >= 15 is 0 Å². The molecule has 0 radical (unpaired) electrons. The number of carbonyl (C=O) groups excluding carboxylic acids is 2. The third-order valence-electron chi connectivity index (χ3n) is 7.92. The highest BCUT2D eigenvalue weighted by molar-refractivity contribution is 7.21. The summed E-state index contributed by atoms with van der Waals surface area (Å²) in [7, 11) is 0. The molecule has 39 heavy (non-hydrogen) atoms. The number of likely N-dealkylation sites (tertiary alicyclic amines) is 1. The number of anilines is 1. The van der Waals surface area contributed by atoms with Crippen LogP contribution in [0.1, 0.15) is 38.4 Å². The molecule has 2 amide bonds. The zero-order valence-electron chi connectivity index (χ0n) is 21.0. The summed E-state index contributed by atoms with van der Waals surface area (Å²) < 4.78 is 16.5. The number of hydrogen-bond acceptors (Lipinski definition) is 5. The lowest BCUT2D eigenvalue weighted by Crippen LogP contribution is -2.47. The van der Waals surface area contributed by atoms with Crippen molar-refractivity contribution < 1.29 is 14.0 Å². The number of benzene rings is 2. The van der Waals surface area contributed by atoms with E-state index in [0.717, 1.165) is 29.5 Å². The second-order valence-corrected chi connectivity index (χ2v) is 11.2. The van der Waals surface area contributed by atoms with E-state index in [4.69, 9.17) is 0 Å². The predicted octanol–water partition coefficient (Wildman–Crippen LogP) is 5.46. The number of halogens is 1. The van der Waals surface area contributed by atoms with Crippen molar-refractivity contribution in [2.45, 2.75) is 18.3 Å². The normalized spacial score (nSPS) is 16.1. The lowest BCUT2D eigenvalue weighted by atomic mass is 9.74. The SMILES string of the molecule is O=C(c1ccc(-n2cccn2)nc1)N1CCC2(CC1)CN(C(=O)c1cc3cccc(F)c3s1)c1ccccc12. The van der Waals surface area contributed by atoms with Gasteiger partial charge in [-0.15, -0.1) is 11.3 Å². The highest BCUT2D eigenvalue weighted by Gasteiger charge is 2.47. The van der Waals surface area contributed by atoms with Crippen molar-refractivity contribution in [2.24, 2.45) is 0 Å². The van der Waals surface area contributed by atoms with Gasteiger partial charge in [0, 0.05) is 49.3 Å². The number of pyridine rings is 1. The van der Waals surface area contributed by atoms with Crippen LogP contribution in [0.5, 0.6) is 0 Å². The highest BCUT2D eigenvalue weighted by atomic mass is 32.1. The number of amides is 2. The van der Waals surface area contributed by atoms with Crippen molar-refractivity contribution in [3.05, 3.63) is 107 Å². The fraction of sp³-hybridized carbons (Fsp3) is 0.200. The fourth-order valence-electron chi connectivity index (χ4n) is 5.88. The molecular weight excluding hydrogens is 513 g/mol. The van der Waals surface area contributed by atoms with Crippen molar-refractivity contribution >= 4 is 38.9 Å². The maximum absolute atomic E-state index is 14.3. The van der Waals surface area contributed by atoms with Crippen LogP contribution in [0.4, 0.5) is 10.1 Å². The van der Waals surface area contributed by atoms with E-state index in [2.05, 4.69) is 16.1 Å². The maximum Gasteiger partial charge on any atom is 0.268 e. The molecule has 1 saturated heterocycles. The lowest BCUT2D eigenvalue weighted by molar-refractivity contribution is 0.0670. The van der Waals surface area contributed by atoms with Gasteiger partial charge in [-0.2, -0.15) is 5.10 Å². The number of para-hydroxylation sites is 1. The summed E-state index contributed by atoms with van der Waals surface area (Å²) in [5, 5.41) is 4.92. The maximum atomic E-state index is 14.3. The third-order valence-corrected chi connectivity index (χ3v) is 9.07. The molecule has 1 spiro atoms. The van der Waals surface area contributed by atoms with Gasteiger partial charge < -0.3 is 9.80 Å². The summed E-state index contributed by atoms with van der Waals surface area (Å²) in [5.74, 6) is 0.193. The lowest BCUT2D eigenvalue weighted by Gasteiger charge is -2.39. The first-order valence-electron chi connectivity index (χ1n) is 12.9. The van der Waals surface area contributed by atoms with Gasteiger partial charge in [-0.3, -0.25) is 9.59 Å². The molecule has 2 aromatic carbocycles. The molecular formula is C30H24FN5O2S. The number of hydrogen-bond donors (Lipinski definition) is 0. The van der Waals surface area contributed by atoms with Crippen LogP contribution in [0.15, 0.2) is 85.3 Å². The predicted molar refractivity (Wildman–Crippen MR) is 148 cm³/mol. The van der Waals surface area contributed by atoms with E-state index in [1.54, 1.807) is 47.5 Å². The molecule has 2 aliphatic heterocycles. The minimum absolute atomic E-state index is 0.0455. The number of piperidine rings is 1. The van der Waals surface area contributed by atoms with E-state index in [9.17, 15) is 14.0 Å². The first-order chi connectivity index (χ1) is 19.0. The van der Waals surface area contributed by atoms with Crippen LogP contribution >= 0.6 is 11.3 Å². The van der Waals surface area contributed by atoms with Crippen LogP contribution in [0.3, 0.4) is 0 Å². The van der Waals surface area contributed by atoms with E-state index in [1.165, 1.54) is 17.4 Å². The zero-order chi connectivity index (χ0) is 26.6. The average Bonchev–Trinajstić information content (AvgIpc) is 3.73. The van der Waals surface area contributed by atoms with Crippen molar-refractivity contribution in [3.63, 3.8) is 0 Å². The molecule has 194 valence electrons. The largest absolute Gasteiger partial charge is 0.339 e. The Labute approximate surface area is 228 Å². The Bertz CT molecular complexity index is 1710. The third kappa shape index (κ3) is 3.92. The monoisotopic (exact) mass is 537 g/mol. The molecule has 3 aromatic heterocycles. The molecule has 0 bridgehead atoms. The number of thiophene rings is 1. The summed E-state index contributed by atoms with van der Waals surface area (Å²) in [6.07, 6.45) is 6.59. The molecule has 0 aliphatic carbocycles. The van der Waals surface area contributed by atoms with Gasteiger partial charge in [-0.25, -0.2) is 14.1 Å². The van der Waals surface area contributed by atoms with Crippen LogP contribution in [0.2, 0.25) is 0 Å².